The quantitative estimate of drug-likeness (QED) is 0.687. The summed E-state index contributed by atoms with van der Waals surface area (Å²) < 4.78 is 5.36. The Morgan fingerprint density at radius 3 is 2.60 bits per heavy atom. The predicted molar refractivity (Wildman–Crippen MR) is 61.5 cm³/mol. The lowest BCUT2D eigenvalue weighted by molar-refractivity contribution is -0.109. The van der Waals surface area contributed by atoms with Crippen molar-refractivity contribution in [2.24, 2.45) is 0 Å². The second kappa shape index (κ2) is 5.37. The summed E-state index contributed by atoms with van der Waals surface area (Å²) >= 11 is 5.37. The minimum atomic E-state index is -0.498. The monoisotopic (exact) mass is 222 g/mol. The van der Waals surface area contributed by atoms with Crippen LogP contribution in [0.5, 0.6) is 0 Å². The van der Waals surface area contributed by atoms with Crippen LogP contribution in [0.2, 0.25) is 0 Å². The predicted octanol–water partition coefficient (Wildman–Crippen LogP) is 2.89. The third kappa shape index (κ3) is 2.96. The molecule has 0 fully saturated rings. The number of ether oxygens (including phenoxy) is 1. The van der Waals surface area contributed by atoms with E-state index < -0.39 is 5.24 Å². The maximum absolute atomic E-state index is 10.9. The average molecular weight is 223 g/mol. The molecule has 2 nitrogen and oxygen atoms in total. The summed E-state index contributed by atoms with van der Waals surface area (Å²) in [7, 11) is 0. The summed E-state index contributed by atoms with van der Waals surface area (Å²) in [6.45, 7) is 7.36. The Labute approximate surface area is 93.9 Å². The first kappa shape index (κ1) is 11.5. The van der Waals surface area contributed by atoms with E-state index in [9.17, 15) is 4.79 Å². The van der Waals surface area contributed by atoms with Crippen molar-refractivity contribution in [1.82, 2.24) is 0 Å². The molecule has 0 saturated heterocycles. The van der Waals surface area contributed by atoms with Crippen LogP contribution < -0.4 is 0 Å². The minimum Gasteiger partial charge on any atom is -0.488 e. The van der Waals surface area contributed by atoms with Crippen LogP contribution in [0, 0.1) is 0 Å². The van der Waals surface area contributed by atoms with E-state index in [1.807, 2.05) is 0 Å². The molecule has 1 aliphatic rings. The second-order valence-corrected chi connectivity index (χ2v) is 3.20. The molecule has 78 valence electrons. The number of allylic oxidation sites excluding steroid dienone is 5. The van der Waals surface area contributed by atoms with Gasteiger partial charge in [0.05, 0.1) is 0 Å². The lowest BCUT2D eigenvalue weighted by Crippen LogP contribution is -2.11. The fourth-order valence-electron chi connectivity index (χ4n) is 1.16. The molecule has 0 aliphatic carbocycles. The molecular formula is C12H11ClO2. The second-order valence-electron chi connectivity index (χ2n) is 2.86. The molecule has 1 rings (SSSR count). The van der Waals surface area contributed by atoms with Crippen molar-refractivity contribution >= 4 is 16.8 Å². The van der Waals surface area contributed by atoms with E-state index in [2.05, 4.69) is 13.2 Å². The molecule has 1 aliphatic heterocycles. The standard InChI is InChI=1S/C12H11ClO2/c1-3-5-9-7-10(12(13)14)8-15-11(9)6-4-2/h3-7H,1-2,8H2/b9-5-,11-6+. The van der Waals surface area contributed by atoms with Gasteiger partial charge in [-0.15, -0.1) is 0 Å². The Morgan fingerprint density at radius 1 is 1.40 bits per heavy atom. The summed E-state index contributed by atoms with van der Waals surface area (Å²) in [4.78, 5) is 10.9. The van der Waals surface area contributed by atoms with Crippen LogP contribution in [0.4, 0.5) is 0 Å². The molecule has 0 bridgehead atoms. The molecule has 0 saturated carbocycles. The van der Waals surface area contributed by atoms with E-state index in [1.54, 1.807) is 30.4 Å². The zero-order valence-corrected chi connectivity index (χ0v) is 8.96. The zero-order valence-electron chi connectivity index (χ0n) is 8.20. The van der Waals surface area contributed by atoms with Crippen molar-refractivity contribution in [3.05, 3.63) is 60.4 Å². The first-order valence-electron chi connectivity index (χ1n) is 4.38. The molecule has 3 heteroatoms. The molecule has 0 N–H and O–H groups in total. The first-order chi connectivity index (χ1) is 7.19. The topological polar surface area (TPSA) is 26.3 Å². The normalized spacial score (nSPS) is 20.7. The molecule has 0 radical (unpaired) electrons. The maximum atomic E-state index is 10.9. The third-order valence-electron chi connectivity index (χ3n) is 1.82. The van der Waals surface area contributed by atoms with E-state index in [0.717, 1.165) is 5.57 Å². The zero-order chi connectivity index (χ0) is 11.3. The number of carbonyl (C=O) groups is 1. The largest absolute Gasteiger partial charge is 0.488 e. The average Bonchev–Trinajstić information content (AvgIpc) is 2.21. The van der Waals surface area contributed by atoms with Gasteiger partial charge < -0.3 is 4.74 Å². The van der Waals surface area contributed by atoms with Gasteiger partial charge in [-0.2, -0.15) is 0 Å². The molecule has 0 aromatic rings. The summed E-state index contributed by atoms with van der Waals surface area (Å²) in [6, 6.07) is 0. The van der Waals surface area contributed by atoms with Crippen LogP contribution in [0.25, 0.3) is 0 Å². The fraction of sp³-hybridized carbons (Fsp3) is 0.0833. The van der Waals surface area contributed by atoms with Crippen LogP contribution in [0.15, 0.2) is 60.4 Å². The van der Waals surface area contributed by atoms with Gasteiger partial charge in [0.15, 0.2) is 0 Å². The van der Waals surface area contributed by atoms with Crippen molar-refractivity contribution in [1.29, 1.82) is 0 Å². The van der Waals surface area contributed by atoms with Gasteiger partial charge in [-0.3, -0.25) is 4.79 Å². The summed E-state index contributed by atoms with van der Waals surface area (Å²) in [5.74, 6) is 0.659. The van der Waals surface area contributed by atoms with Gasteiger partial charge in [-0.1, -0.05) is 31.4 Å². The minimum absolute atomic E-state index is 0.191. The van der Waals surface area contributed by atoms with Gasteiger partial charge in [0.1, 0.15) is 12.4 Å². The van der Waals surface area contributed by atoms with E-state index in [0.29, 0.717) is 11.3 Å². The highest BCUT2D eigenvalue weighted by molar-refractivity contribution is 6.67. The van der Waals surface area contributed by atoms with E-state index in [-0.39, 0.29) is 6.61 Å². The van der Waals surface area contributed by atoms with Crippen molar-refractivity contribution in [2.45, 2.75) is 0 Å². The molecule has 0 atom stereocenters. The Bertz CT molecular complexity index is 386. The van der Waals surface area contributed by atoms with Gasteiger partial charge in [-0.25, -0.2) is 0 Å². The van der Waals surface area contributed by atoms with Crippen LogP contribution in [0.3, 0.4) is 0 Å². The van der Waals surface area contributed by atoms with Crippen LogP contribution in [0.1, 0.15) is 0 Å². The van der Waals surface area contributed by atoms with E-state index in [4.69, 9.17) is 16.3 Å². The molecule has 0 unspecified atom stereocenters. The smallest absolute Gasteiger partial charge is 0.251 e. The van der Waals surface area contributed by atoms with Crippen LogP contribution in [-0.2, 0) is 9.53 Å². The fourth-order valence-corrected chi connectivity index (χ4v) is 1.27. The molecule has 0 aromatic carbocycles. The summed E-state index contributed by atoms with van der Waals surface area (Å²) in [6.07, 6.45) is 8.40. The van der Waals surface area contributed by atoms with Gasteiger partial charge in [0, 0.05) is 11.1 Å². The van der Waals surface area contributed by atoms with E-state index in [1.165, 1.54) is 0 Å². The number of hydrogen-bond donors (Lipinski definition) is 0. The van der Waals surface area contributed by atoms with Crippen molar-refractivity contribution in [2.75, 3.05) is 6.61 Å². The lowest BCUT2D eigenvalue weighted by atomic mass is 10.1. The number of hydrogen-bond acceptors (Lipinski definition) is 2. The first-order valence-corrected chi connectivity index (χ1v) is 4.76. The van der Waals surface area contributed by atoms with Crippen molar-refractivity contribution in [3.8, 4) is 0 Å². The Hall–Kier alpha value is -1.54. The van der Waals surface area contributed by atoms with Crippen molar-refractivity contribution in [3.63, 3.8) is 0 Å². The van der Waals surface area contributed by atoms with Gasteiger partial charge >= 0.3 is 0 Å². The summed E-state index contributed by atoms with van der Waals surface area (Å²) in [5, 5.41) is -0.498. The van der Waals surface area contributed by atoms with Gasteiger partial charge in [-0.05, 0) is 23.8 Å². The molecule has 15 heavy (non-hydrogen) atoms. The van der Waals surface area contributed by atoms with Crippen molar-refractivity contribution < 1.29 is 9.53 Å². The Kier molecular flexibility index (Phi) is 4.13. The lowest BCUT2D eigenvalue weighted by Gasteiger charge is -2.17. The Morgan fingerprint density at radius 2 is 2.07 bits per heavy atom. The van der Waals surface area contributed by atoms with Crippen LogP contribution >= 0.6 is 11.6 Å². The van der Waals surface area contributed by atoms with Gasteiger partial charge in [0.2, 0.25) is 0 Å². The molecule has 0 aromatic heterocycles. The highest BCUT2D eigenvalue weighted by Crippen LogP contribution is 2.23. The number of carbonyl (C=O) groups excluding carboxylic acids is 1. The van der Waals surface area contributed by atoms with E-state index >= 15 is 0 Å². The number of halogens is 1. The molecule has 0 amide bonds. The molecule has 0 spiro atoms. The SMILES string of the molecule is C=C/C=C1/C=C(C(=O)Cl)CO/C1=C/C=C. The van der Waals surface area contributed by atoms with Gasteiger partial charge in [0.25, 0.3) is 5.24 Å². The maximum Gasteiger partial charge on any atom is 0.251 e. The molecule has 1 heterocycles. The number of rotatable bonds is 3. The highest BCUT2D eigenvalue weighted by Gasteiger charge is 2.16. The molecular weight excluding hydrogens is 212 g/mol. The highest BCUT2D eigenvalue weighted by atomic mass is 35.5. The van der Waals surface area contributed by atoms with Crippen LogP contribution in [-0.4, -0.2) is 11.8 Å². The Balaban J connectivity index is 3.10. The summed E-state index contributed by atoms with van der Waals surface area (Å²) in [5.41, 5.74) is 1.20. The third-order valence-corrected chi connectivity index (χ3v) is 2.06.